The third-order valence-corrected chi connectivity index (χ3v) is 4.15. The number of aromatic nitrogens is 4. The van der Waals surface area contributed by atoms with Crippen LogP contribution in [0.5, 0.6) is 0 Å². The lowest BCUT2D eigenvalue weighted by Crippen LogP contribution is -2.03. The Kier molecular flexibility index (Phi) is 3.71. The summed E-state index contributed by atoms with van der Waals surface area (Å²) in [6.45, 7) is 2.10. The standard InChI is InChI=1S/C14H14BrFN4S/c1-3-4-10-12-13(19(2)18-10)20(14(21)17-12)11-6-5-8(15)7-9(11)16/h5-7H,3-4H2,1-2H3,(H,17,21). The van der Waals surface area contributed by atoms with E-state index in [1.165, 1.54) is 6.07 Å². The smallest absolute Gasteiger partial charge is 0.184 e. The first-order chi connectivity index (χ1) is 10.0. The molecule has 0 saturated heterocycles. The van der Waals surface area contributed by atoms with Crippen LogP contribution in [0.3, 0.4) is 0 Å². The Balaban J connectivity index is 2.32. The minimum atomic E-state index is -0.334. The molecule has 0 radical (unpaired) electrons. The van der Waals surface area contributed by atoms with E-state index in [9.17, 15) is 4.39 Å². The zero-order valence-corrected chi connectivity index (χ0v) is 14.1. The number of rotatable bonds is 3. The second-order valence-corrected chi connectivity index (χ2v) is 6.18. The minimum Gasteiger partial charge on any atom is -0.327 e. The molecule has 1 aromatic carbocycles. The van der Waals surface area contributed by atoms with Crippen LogP contribution >= 0.6 is 28.1 Å². The van der Waals surface area contributed by atoms with Crippen LogP contribution in [0, 0.1) is 10.6 Å². The van der Waals surface area contributed by atoms with Gasteiger partial charge in [0, 0.05) is 11.5 Å². The third kappa shape index (κ3) is 2.34. The molecule has 0 saturated carbocycles. The fraction of sp³-hybridized carbons (Fsp3) is 0.286. The first-order valence-electron chi connectivity index (χ1n) is 6.65. The number of nitrogens with one attached hydrogen (secondary N) is 1. The van der Waals surface area contributed by atoms with Crippen molar-refractivity contribution >= 4 is 39.3 Å². The lowest BCUT2D eigenvalue weighted by atomic mass is 10.2. The predicted octanol–water partition coefficient (Wildman–Crippen LogP) is 4.28. The van der Waals surface area contributed by atoms with E-state index in [4.69, 9.17) is 12.2 Å². The number of aryl methyl sites for hydroxylation is 2. The van der Waals surface area contributed by atoms with Gasteiger partial charge in [-0.1, -0.05) is 29.3 Å². The van der Waals surface area contributed by atoms with Crippen LogP contribution in [-0.2, 0) is 13.5 Å². The lowest BCUT2D eigenvalue weighted by Gasteiger charge is -2.06. The van der Waals surface area contributed by atoms with Crippen LogP contribution in [0.15, 0.2) is 22.7 Å². The molecule has 21 heavy (non-hydrogen) atoms. The predicted molar refractivity (Wildman–Crippen MR) is 86.9 cm³/mol. The molecule has 1 N–H and O–H groups in total. The zero-order valence-electron chi connectivity index (χ0n) is 11.7. The molecule has 3 rings (SSSR count). The number of hydrogen-bond acceptors (Lipinski definition) is 2. The van der Waals surface area contributed by atoms with Crippen LogP contribution in [0.2, 0.25) is 0 Å². The molecule has 0 spiro atoms. The van der Waals surface area contributed by atoms with Crippen LogP contribution < -0.4 is 0 Å². The van der Waals surface area contributed by atoms with Gasteiger partial charge in [0.2, 0.25) is 0 Å². The number of nitrogens with zero attached hydrogens (tertiary/aromatic N) is 3. The van der Waals surface area contributed by atoms with Crippen molar-refractivity contribution in [3.05, 3.63) is 39.0 Å². The van der Waals surface area contributed by atoms with Crippen LogP contribution in [0.4, 0.5) is 4.39 Å². The molecule has 0 fully saturated rings. The molecule has 0 bridgehead atoms. The molecule has 0 aliphatic carbocycles. The summed E-state index contributed by atoms with van der Waals surface area (Å²) in [6.07, 6.45) is 1.85. The first kappa shape index (κ1) is 14.5. The number of benzene rings is 1. The third-order valence-electron chi connectivity index (χ3n) is 3.37. The number of aromatic amines is 1. The normalized spacial score (nSPS) is 11.4. The molecule has 0 amide bonds. The van der Waals surface area contributed by atoms with Crippen LogP contribution in [0.25, 0.3) is 16.9 Å². The molecule has 3 aromatic rings. The highest BCUT2D eigenvalue weighted by atomic mass is 79.9. The van der Waals surface area contributed by atoms with E-state index in [1.54, 1.807) is 21.4 Å². The van der Waals surface area contributed by atoms with Crippen molar-refractivity contribution in [1.29, 1.82) is 0 Å². The van der Waals surface area contributed by atoms with Gasteiger partial charge in [-0.15, -0.1) is 0 Å². The molecule has 0 aliphatic rings. The number of hydrogen-bond donors (Lipinski definition) is 1. The lowest BCUT2D eigenvalue weighted by molar-refractivity contribution is 0.616. The Morgan fingerprint density at radius 3 is 2.86 bits per heavy atom. The molecule has 7 heteroatoms. The van der Waals surface area contributed by atoms with Gasteiger partial charge in [0.05, 0.1) is 11.4 Å². The molecule has 0 unspecified atom stereocenters. The highest BCUT2D eigenvalue weighted by Gasteiger charge is 2.17. The Labute approximate surface area is 134 Å². The van der Waals surface area contributed by atoms with Crippen molar-refractivity contribution in [2.24, 2.45) is 7.05 Å². The molecule has 110 valence electrons. The van der Waals surface area contributed by atoms with Gasteiger partial charge in [0.25, 0.3) is 0 Å². The molecule has 0 aliphatic heterocycles. The van der Waals surface area contributed by atoms with E-state index in [1.807, 2.05) is 7.05 Å². The second kappa shape index (κ2) is 5.38. The van der Waals surface area contributed by atoms with Gasteiger partial charge in [-0.3, -0.25) is 4.57 Å². The van der Waals surface area contributed by atoms with E-state index < -0.39 is 0 Å². The quantitative estimate of drug-likeness (QED) is 0.700. The van der Waals surface area contributed by atoms with E-state index >= 15 is 0 Å². The van der Waals surface area contributed by atoms with E-state index in [0.29, 0.717) is 14.9 Å². The summed E-state index contributed by atoms with van der Waals surface area (Å²) in [5.74, 6) is -0.334. The fourth-order valence-corrected chi connectivity index (χ4v) is 3.13. The first-order valence-corrected chi connectivity index (χ1v) is 7.85. The van der Waals surface area contributed by atoms with Crippen molar-refractivity contribution in [1.82, 2.24) is 19.3 Å². The average Bonchev–Trinajstić information content (AvgIpc) is 2.89. The minimum absolute atomic E-state index is 0.334. The Hall–Kier alpha value is -1.47. The number of imidazole rings is 1. The molecule has 0 atom stereocenters. The van der Waals surface area contributed by atoms with Gasteiger partial charge in [0.1, 0.15) is 11.3 Å². The zero-order chi connectivity index (χ0) is 15.1. The maximum Gasteiger partial charge on any atom is 0.184 e. The molecule has 4 nitrogen and oxygen atoms in total. The SMILES string of the molecule is CCCc1nn(C)c2c1[nH]c(=S)n2-c1ccc(Br)cc1F. The monoisotopic (exact) mass is 368 g/mol. The fourth-order valence-electron chi connectivity index (χ4n) is 2.51. The maximum absolute atomic E-state index is 14.3. The van der Waals surface area contributed by atoms with Gasteiger partial charge < -0.3 is 4.98 Å². The summed E-state index contributed by atoms with van der Waals surface area (Å²) < 4.78 is 18.9. The maximum atomic E-state index is 14.3. The topological polar surface area (TPSA) is 38.5 Å². The van der Waals surface area contributed by atoms with E-state index in [2.05, 4.69) is 32.9 Å². The van der Waals surface area contributed by atoms with Crippen molar-refractivity contribution in [3.63, 3.8) is 0 Å². The Bertz CT molecular complexity index is 877. The summed E-state index contributed by atoms with van der Waals surface area (Å²) in [6, 6.07) is 4.93. The van der Waals surface area contributed by atoms with Gasteiger partial charge in [-0.05, 0) is 36.8 Å². The Morgan fingerprint density at radius 1 is 1.43 bits per heavy atom. The summed E-state index contributed by atoms with van der Waals surface area (Å²) >= 11 is 8.64. The molecule has 2 heterocycles. The highest BCUT2D eigenvalue weighted by Crippen LogP contribution is 2.25. The van der Waals surface area contributed by atoms with E-state index in [-0.39, 0.29) is 5.82 Å². The van der Waals surface area contributed by atoms with Crippen molar-refractivity contribution in [2.75, 3.05) is 0 Å². The van der Waals surface area contributed by atoms with Gasteiger partial charge >= 0.3 is 0 Å². The summed E-state index contributed by atoms with van der Waals surface area (Å²) in [4.78, 5) is 3.16. The van der Waals surface area contributed by atoms with E-state index in [0.717, 1.165) is 29.7 Å². The number of H-pyrrole nitrogens is 1. The average molecular weight is 369 g/mol. The van der Waals surface area contributed by atoms with Gasteiger partial charge in [-0.25, -0.2) is 9.07 Å². The Morgan fingerprint density at radius 2 is 2.19 bits per heavy atom. The van der Waals surface area contributed by atoms with Crippen molar-refractivity contribution in [2.45, 2.75) is 19.8 Å². The highest BCUT2D eigenvalue weighted by molar-refractivity contribution is 9.10. The summed E-state index contributed by atoms with van der Waals surface area (Å²) in [5, 5.41) is 4.50. The molecule has 2 aromatic heterocycles. The number of fused-ring (bicyclic) bond motifs is 1. The molecular formula is C14H14BrFN4S. The summed E-state index contributed by atoms with van der Waals surface area (Å²) in [5.41, 5.74) is 3.04. The van der Waals surface area contributed by atoms with Crippen molar-refractivity contribution in [3.8, 4) is 5.69 Å². The van der Waals surface area contributed by atoms with Gasteiger partial charge in [-0.2, -0.15) is 5.10 Å². The van der Waals surface area contributed by atoms with Gasteiger partial charge in [0.15, 0.2) is 10.4 Å². The number of halogens is 2. The summed E-state index contributed by atoms with van der Waals surface area (Å²) in [7, 11) is 1.84. The van der Waals surface area contributed by atoms with Crippen LogP contribution in [-0.4, -0.2) is 19.3 Å². The van der Waals surface area contributed by atoms with Crippen LogP contribution in [0.1, 0.15) is 19.0 Å². The van der Waals surface area contributed by atoms with Crippen molar-refractivity contribution < 1.29 is 4.39 Å². The second-order valence-electron chi connectivity index (χ2n) is 4.88. The molecular weight excluding hydrogens is 355 g/mol. The largest absolute Gasteiger partial charge is 0.327 e.